The van der Waals surface area contributed by atoms with Gasteiger partial charge >= 0.3 is 0 Å². The maximum Gasteiger partial charge on any atom is 0.0834 e. The highest BCUT2D eigenvalue weighted by Gasteiger charge is 2.39. The van der Waals surface area contributed by atoms with E-state index in [1.807, 2.05) is 0 Å². The summed E-state index contributed by atoms with van der Waals surface area (Å²) in [5, 5.41) is 3.54. The van der Waals surface area contributed by atoms with Crippen molar-refractivity contribution in [3.8, 4) is 0 Å². The molecule has 1 unspecified atom stereocenters. The summed E-state index contributed by atoms with van der Waals surface area (Å²) in [4.78, 5) is 0. The van der Waals surface area contributed by atoms with Crippen molar-refractivity contribution in [2.75, 3.05) is 20.8 Å². The molecule has 0 saturated heterocycles. The molecule has 1 N–H and O–H groups in total. The number of methoxy groups -OCH3 is 1. The summed E-state index contributed by atoms with van der Waals surface area (Å²) < 4.78 is 11.9. The van der Waals surface area contributed by atoms with Gasteiger partial charge in [0.05, 0.1) is 11.2 Å². The van der Waals surface area contributed by atoms with E-state index >= 15 is 0 Å². The monoisotopic (exact) mass is 285 g/mol. The Kier molecular flexibility index (Phi) is 7.49. The third-order valence-corrected chi connectivity index (χ3v) is 4.95. The van der Waals surface area contributed by atoms with E-state index in [0.29, 0.717) is 6.04 Å². The Morgan fingerprint density at radius 2 is 1.75 bits per heavy atom. The van der Waals surface area contributed by atoms with Crippen LogP contribution in [0.1, 0.15) is 72.1 Å². The van der Waals surface area contributed by atoms with Crippen molar-refractivity contribution >= 4 is 0 Å². The highest BCUT2D eigenvalue weighted by Crippen LogP contribution is 2.36. The Bertz CT molecular complexity index is 258. The third kappa shape index (κ3) is 5.01. The Hall–Kier alpha value is -0.120. The van der Waals surface area contributed by atoms with Crippen molar-refractivity contribution < 1.29 is 9.47 Å². The minimum Gasteiger partial charge on any atom is -0.379 e. The summed E-state index contributed by atoms with van der Waals surface area (Å²) in [7, 11) is 3.88. The van der Waals surface area contributed by atoms with E-state index in [0.717, 1.165) is 19.4 Å². The summed E-state index contributed by atoms with van der Waals surface area (Å²) in [6, 6.07) is 0.426. The van der Waals surface area contributed by atoms with Crippen LogP contribution in [0, 0.1) is 0 Å². The average Bonchev–Trinajstić information content (AvgIpc) is 2.66. The fourth-order valence-electron chi connectivity index (χ4n) is 3.47. The van der Waals surface area contributed by atoms with Gasteiger partial charge in [-0.05, 0) is 53.5 Å². The summed E-state index contributed by atoms with van der Waals surface area (Å²) >= 11 is 0. The van der Waals surface area contributed by atoms with Crippen LogP contribution in [0.3, 0.4) is 0 Å². The van der Waals surface area contributed by atoms with Gasteiger partial charge in [0.15, 0.2) is 0 Å². The molecule has 1 rings (SSSR count). The van der Waals surface area contributed by atoms with E-state index in [1.165, 1.54) is 38.5 Å². The molecular formula is C17H35NO2. The molecule has 0 aromatic rings. The first-order chi connectivity index (χ1) is 9.49. The minimum atomic E-state index is -0.0484. The van der Waals surface area contributed by atoms with E-state index in [9.17, 15) is 0 Å². The van der Waals surface area contributed by atoms with Crippen LogP contribution >= 0.6 is 0 Å². The third-order valence-electron chi connectivity index (χ3n) is 4.95. The van der Waals surface area contributed by atoms with Gasteiger partial charge in [-0.15, -0.1) is 0 Å². The Labute approximate surface area is 125 Å². The highest BCUT2D eigenvalue weighted by molar-refractivity contribution is 4.95. The molecular weight excluding hydrogens is 250 g/mol. The van der Waals surface area contributed by atoms with Crippen molar-refractivity contribution in [1.29, 1.82) is 0 Å². The molecule has 0 aromatic heterocycles. The summed E-state index contributed by atoms with van der Waals surface area (Å²) in [6.45, 7) is 7.27. The lowest BCUT2D eigenvalue weighted by Crippen LogP contribution is -2.52. The SMILES string of the molecule is CCOC1(C(CCC(C)(C)OC)NC)CCCCCC1. The Morgan fingerprint density at radius 1 is 1.15 bits per heavy atom. The Morgan fingerprint density at radius 3 is 2.20 bits per heavy atom. The first kappa shape index (κ1) is 17.9. The molecule has 0 aliphatic heterocycles. The van der Waals surface area contributed by atoms with Gasteiger partial charge in [-0.25, -0.2) is 0 Å². The predicted molar refractivity (Wildman–Crippen MR) is 85.2 cm³/mol. The van der Waals surface area contributed by atoms with Gasteiger partial charge in [0.25, 0.3) is 0 Å². The zero-order chi connectivity index (χ0) is 15.1. The van der Waals surface area contributed by atoms with Gasteiger partial charge in [-0.2, -0.15) is 0 Å². The summed E-state index contributed by atoms with van der Waals surface area (Å²) in [5.74, 6) is 0. The number of nitrogens with one attached hydrogen (secondary N) is 1. The van der Waals surface area contributed by atoms with Gasteiger partial charge in [0.2, 0.25) is 0 Å². The van der Waals surface area contributed by atoms with Gasteiger partial charge in [-0.3, -0.25) is 0 Å². The lowest BCUT2D eigenvalue weighted by atomic mass is 9.82. The van der Waals surface area contributed by atoms with Crippen LogP contribution in [0.4, 0.5) is 0 Å². The fraction of sp³-hybridized carbons (Fsp3) is 1.00. The molecule has 120 valence electrons. The standard InChI is InChI=1S/C17H35NO2/c1-6-20-17(12-9-7-8-10-13-17)15(18-4)11-14-16(2,3)19-5/h15,18H,6-14H2,1-5H3. The molecule has 0 radical (unpaired) electrons. The first-order valence-electron chi connectivity index (χ1n) is 8.36. The van der Waals surface area contributed by atoms with Crippen LogP contribution in [0.15, 0.2) is 0 Å². The van der Waals surface area contributed by atoms with E-state index in [4.69, 9.17) is 9.47 Å². The molecule has 0 spiro atoms. The molecule has 1 saturated carbocycles. The van der Waals surface area contributed by atoms with Crippen molar-refractivity contribution in [2.24, 2.45) is 0 Å². The van der Waals surface area contributed by atoms with E-state index in [1.54, 1.807) is 7.11 Å². The molecule has 3 heteroatoms. The largest absolute Gasteiger partial charge is 0.379 e. The topological polar surface area (TPSA) is 30.5 Å². The second kappa shape index (κ2) is 8.35. The summed E-state index contributed by atoms with van der Waals surface area (Å²) in [6.07, 6.45) is 9.86. The van der Waals surface area contributed by atoms with E-state index in [2.05, 4.69) is 33.1 Å². The van der Waals surface area contributed by atoms with Crippen LogP contribution < -0.4 is 5.32 Å². The van der Waals surface area contributed by atoms with E-state index in [-0.39, 0.29) is 11.2 Å². The lowest BCUT2D eigenvalue weighted by Gasteiger charge is -2.41. The second-order valence-electron chi connectivity index (χ2n) is 6.76. The number of hydrogen-bond donors (Lipinski definition) is 1. The molecule has 1 aliphatic rings. The normalized spacial score (nSPS) is 21.4. The summed E-state index contributed by atoms with van der Waals surface area (Å²) in [5.41, 5.74) is -0.0168. The smallest absolute Gasteiger partial charge is 0.0834 e. The number of likely N-dealkylation sites (N-methyl/N-ethyl adjacent to an activating group) is 1. The number of rotatable bonds is 8. The molecule has 0 aromatic carbocycles. The van der Waals surface area contributed by atoms with Crippen molar-refractivity contribution in [3.63, 3.8) is 0 Å². The van der Waals surface area contributed by atoms with Gasteiger partial charge < -0.3 is 14.8 Å². The predicted octanol–water partition coefficient (Wildman–Crippen LogP) is 3.91. The van der Waals surface area contributed by atoms with Gasteiger partial charge in [0.1, 0.15) is 0 Å². The van der Waals surface area contributed by atoms with Crippen LogP contribution in [-0.4, -0.2) is 38.0 Å². The minimum absolute atomic E-state index is 0.0316. The highest BCUT2D eigenvalue weighted by atomic mass is 16.5. The zero-order valence-corrected chi connectivity index (χ0v) is 14.3. The molecule has 3 nitrogen and oxygen atoms in total. The van der Waals surface area contributed by atoms with E-state index < -0.39 is 0 Å². The second-order valence-corrected chi connectivity index (χ2v) is 6.76. The van der Waals surface area contributed by atoms with Crippen LogP contribution in [-0.2, 0) is 9.47 Å². The van der Waals surface area contributed by atoms with Crippen molar-refractivity contribution in [3.05, 3.63) is 0 Å². The van der Waals surface area contributed by atoms with Gasteiger partial charge in [-0.1, -0.05) is 25.7 Å². The molecule has 1 atom stereocenters. The fourth-order valence-corrected chi connectivity index (χ4v) is 3.47. The van der Waals surface area contributed by atoms with Crippen LogP contribution in [0.25, 0.3) is 0 Å². The van der Waals surface area contributed by atoms with Gasteiger partial charge in [0, 0.05) is 19.8 Å². The maximum atomic E-state index is 6.30. The molecule has 1 fully saturated rings. The maximum absolute atomic E-state index is 6.30. The lowest BCUT2D eigenvalue weighted by molar-refractivity contribution is -0.0825. The molecule has 1 aliphatic carbocycles. The molecule has 0 bridgehead atoms. The van der Waals surface area contributed by atoms with Crippen molar-refractivity contribution in [1.82, 2.24) is 5.32 Å². The average molecular weight is 285 g/mol. The number of hydrogen-bond acceptors (Lipinski definition) is 3. The first-order valence-corrected chi connectivity index (χ1v) is 8.36. The molecule has 20 heavy (non-hydrogen) atoms. The van der Waals surface area contributed by atoms with Crippen molar-refractivity contribution in [2.45, 2.75) is 89.4 Å². The number of ether oxygens (including phenoxy) is 2. The molecule has 0 heterocycles. The van der Waals surface area contributed by atoms with Crippen LogP contribution in [0.2, 0.25) is 0 Å². The zero-order valence-electron chi connectivity index (χ0n) is 14.3. The Balaban J connectivity index is 2.74. The molecule has 0 amide bonds. The quantitative estimate of drug-likeness (QED) is 0.686. The van der Waals surface area contributed by atoms with Crippen LogP contribution in [0.5, 0.6) is 0 Å².